The molecule has 3 rings (SSSR count). The zero-order valence-corrected chi connectivity index (χ0v) is 20.1. The number of benzene rings is 2. The Kier molecular flexibility index (Phi) is 8.19. The summed E-state index contributed by atoms with van der Waals surface area (Å²) < 4.78 is 23.2. The molecule has 0 aliphatic heterocycles. The van der Waals surface area contributed by atoms with Crippen molar-refractivity contribution in [2.75, 3.05) is 33.3 Å². The van der Waals surface area contributed by atoms with E-state index in [9.17, 15) is 9.59 Å². The summed E-state index contributed by atoms with van der Waals surface area (Å²) in [6, 6.07) is 14.9. The van der Waals surface area contributed by atoms with Gasteiger partial charge in [0.1, 0.15) is 0 Å². The highest BCUT2D eigenvalue weighted by molar-refractivity contribution is 5.93. The maximum absolute atomic E-state index is 12.8. The van der Waals surface area contributed by atoms with E-state index in [1.165, 1.54) is 21.3 Å². The molecule has 34 heavy (non-hydrogen) atoms. The van der Waals surface area contributed by atoms with Gasteiger partial charge in [0.05, 0.1) is 33.5 Å². The third-order valence-electron chi connectivity index (χ3n) is 5.44. The quantitative estimate of drug-likeness (QED) is 0.436. The Balaban J connectivity index is 1.83. The van der Waals surface area contributed by atoms with Gasteiger partial charge in [-0.3, -0.25) is 4.79 Å². The fraction of sp³-hybridized carbons (Fsp3) is 0.308. The Morgan fingerprint density at radius 2 is 1.59 bits per heavy atom. The van der Waals surface area contributed by atoms with Crippen LogP contribution in [0.25, 0.3) is 11.3 Å². The Morgan fingerprint density at radius 1 is 0.941 bits per heavy atom. The van der Waals surface area contributed by atoms with Gasteiger partial charge in [-0.15, -0.1) is 0 Å². The van der Waals surface area contributed by atoms with Gasteiger partial charge >= 0.3 is 5.97 Å². The van der Waals surface area contributed by atoms with Crippen LogP contribution in [-0.2, 0) is 16.1 Å². The molecule has 0 unspecified atom stereocenters. The molecule has 1 amide bonds. The zero-order valence-electron chi connectivity index (χ0n) is 20.1. The number of esters is 1. The average Bonchev–Trinajstić information content (AvgIpc) is 3.18. The maximum Gasteiger partial charge on any atom is 0.339 e. The van der Waals surface area contributed by atoms with E-state index in [0.29, 0.717) is 41.7 Å². The summed E-state index contributed by atoms with van der Waals surface area (Å²) in [5.41, 5.74) is 3.57. The molecular formula is C26H30N2O6. The predicted molar refractivity (Wildman–Crippen MR) is 130 cm³/mol. The number of aromatic nitrogens is 1. The third kappa shape index (κ3) is 5.33. The Morgan fingerprint density at radius 3 is 2.15 bits per heavy atom. The summed E-state index contributed by atoms with van der Waals surface area (Å²) in [5.74, 6) is 0.773. The van der Waals surface area contributed by atoms with Crippen LogP contribution in [0.15, 0.2) is 48.5 Å². The molecular weight excluding hydrogens is 436 g/mol. The molecule has 0 atom stereocenters. The lowest BCUT2D eigenvalue weighted by molar-refractivity contribution is -0.116. The van der Waals surface area contributed by atoms with E-state index < -0.39 is 0 Å². The van der Waals surface area contributed by atoms with Crippen LogP contribution in [0.4, 0.5) is 5.69 Å². The molecule has 0 fully saturated rings. The van der Waals surface area contributed by atoms with E-state index in [-0.39, 0.29) is 18.3 Å². The van der Waals surface area contributed by atoms with Gasteiger partial charge in [0, 0.05) is 42.2 Å². The molecule has 8 nitrogen and oxygen atoms in total. The third-order valence-corrected chi connectivity index (χ3v) is 5.44. The number of amides is 1. The summed E-state index contributed by atoms with van der Waals surface area (Å²) in [7, 11) is 4.56. The van der Waals surface area contributed by atoms with Crippen molar-refractivity contribution in [3.05, 3.63) is 59.8 Å². The largest absolute Gasteiger partial charge is 0.493 e. The molecule has 0 aliphatic carbocycles. The molecule has 0 radical (unpaired) electrons. The van der Waals surface area contributed by atoms with Crippen molar-refractivity contribution < 1.29 is 28.5 Å². The predicted octanol–water partition coefficient (Wildman–Crippen LogP) is 4.69. The van der Waals surface area contributed by atoms with Gasteiger partial charge in [0.25, 0.3) is 0 Å². The molecule has 0 spiro atoms. The first-order valence-electron chi connectivity index (χ1n) is 11.0. The van der Waals surface area contributed by atoms with Crippen LogP contribution in [-0.4, -0.2) is 44.4 Å². The summed E-state index contributed by atoms with van der Waals surface area (Å²) in [6.07, 6.45) is 0.189. The van der Waals surface area contributed by atoms with Crippen LogP contribution >= 0.6 is 0 Å². The van der Waals surface area contributed by atoms with Crippen molar-refractivity contribution in [1.29, 1.82) is 0 Å². The molecule has 2 aromatic carbocycles. The number of nitrogens with one attached hydrogen (secondary N) is 1. The van der Waals surface area contributed by atoms with Crippen molar-refractivity contribution in [3.63, 3.8) is 0 Å². The molecule has 1 N–H and O–H groups in total. The number of ether oxygens (including phenoxy) is 4. The van der Waals surface area contributed by atoms with Gasteiger partial charge in [-0.25, -0.2) is 4.79 Å². The van der Waals surface area contributed by atoms with Crippen molar-refractivity contribution in [1.82, 2.24) is 4.57 Å². The first-order valence-corrected chi connectivity index (χ1v) is 11.0. The highest BCUT2D eigenvalue weighted by atomic mass is 16.5. The lowest BCUT2D eigenvalue weighted by Crippen LogP contribution is -2.16. The highest BCUT2D eigenvalue weighted by Crippen LogP contribution is 2.40. The van der Waals surface area contributed by atoms with Crippen LogP contribution in [0.1, 0.15) is 29.4 Å². The smallest absolute Gasteiger partial charge is 0.339 e. The second-order valence-corrected chi connectivity index (χ2v) is 7.48. The number of hydrogen-bond donors (Lipinski definition) is 1. The fourth-order valence-corrected chi connectivity index (χ4v) is 3.79. The van der Waals surface area contributed by atoms with E-state index in [0.717, 1.165) is 17.0 Å². The summed E-state index contributed by atoms with van der Waals surface area (Å²) in [5, 5.41) is 2.88. The van der Waals surface area contributed by atoms with Crippen molar-refractivity contribution in [2.24, 2.45) is 0 Å². The number of rotatable bonds is 10. The minimum absolute atomic E-state index is 0.189. The standard InChI is InChI=1S/C26H30N2O6/c1-6-34-26(30)20-16-21(18-10-8-7-9-11-18)28(17(20)2)13-12-24(29)27-19-14-22(31-3)25(33-5)23(15-19)32-4/h7-11,14-16H,6,12-13H2,1-5H3,(H,27,29). The van der Waals surface area contributed by atoms with Crippen molar-refractivity contribution in [2.45, 2.75) is 26.8 Å². The molecule has 1 heterocycles. The first-order chi connectivity index (χ1) is 16.4. The lowest BCUT2D eigenvalue weighted by Gasteiger charge is -2.15. The molecule has 0 bridgehead atoms. The summed E-state index contributed by atoms with van der Waals surface area (Å²) in [6.45, 7) is 4.30. The molecule has 180 valence electrons. The van der Waals surface area contributed by atoms with Crippen LogP contribution in [0.5, 0.6) is 17.2 Å². The number of methoxy groups -OCH3 is 3. The van der Waals surface area contributed by atoms with E-state index in [2.05, 4.69) is 5.32 Å². The van der Waals surface area contributed by atoms with E-state index in [1.54, 1.807) is 19.1 Å². The minimum atomic E-state index is -0.377. The van der Waals surface area contributed by atoms with Crippen LogP contribution in [0.3, 0.4) is 0 Å². The molecule has 1 aromatic heterocycles. The minimum Gasteiger partial charge on any atom is -0.493 e. The van der Waals surface area contributed by atoms with Gasteiger partial charge in [-0.1, -0.05) is 30.3 Å². The number of hydrogen-bond acceptors (Lipinski definition) is 6. The average molecular weight is 467 g/mol. The van der Waals surface area contributed by atoms with Crippen molar-refractivity contribution >= 4 is 17.6 Å². The summed E-state index contributed by atoms with van der Waals surface area (Å²) >= 11 is 0. The first kappa shape index (κ1) is 24.7. The Bertz CT molecular complexity index is 1130. The fourth-order valence-electron chi connectivity index (χ4n) is 3.79. The molecule has 3 aromatic rings. The highest BCUT2D eigenvalue weighted by Gasteiger charge is 2.20. The van der Waals surface area contributed by atoms with E-state index in [1.807, 2.05) is 47.9 Å². The van der Waals surface area contributed by atoms with Gasteiger partial charge < -0.3 is 28.8 Å². The van der Waals surface area contributed by atoms with Crippen LogP contribution in [0, 0.1) is 6.92 Å². The Labute approximate surface area is 199 Å². The van der Waals surface area contributed by atoms with Crippen molar-refractivity contribution in [3.8, 4) is 28.5 Å². The topological polar surface area (TPSA) is 88.0 Å². The number of carbonyl (C=O) groups excluding carboxylic acids is 2. The second-order valence-electron chi connectivity index (χ2n) is 7.48. The maximum atomic E-state index is 12.8. The number of anilines is 1. The van der Waals surface area contributed by atoms with E-state index >= 15 is 0 Å². The SMILES string of the molecule is CCOC(=O)c1cc(-c2ccccc2)n(CCC(=O)Nc2cc(OC)c(OC)c(OC)c2)c1C. The van der Waals surface area contributed by atoms with Crippen LogP contribution in [0.2, 0.25) is 0 Å². The molecule has 0 saturated heterocycles. The number of nitrogens with zero attached hydrogens (tertiary/aromatic N) is 1. The second kappa shape index (κ2) is 11.3. The molecule has 8 heteroatoms. The molecule has 0 aliphatic rings. The normalized spacial score (nSPS) is 10.5. The van der Waals surface area contributed by atoms with Crippen LogP contribution < -0.4 is 19.5 Å². The van der Waals surface area contributed by atoms with Gasteiger partial charge in [0.15, 0.2) is 11.5 Å². The van der Waals surface area contributed by atoms with Gasteiger partial charge in [-0.05, 0) is 25.5 Å². The Hall–Kier alpha value is -3.94. The van der Waals surface area contributed by atoms with Gasteiger partial charge in [-0.2, -0.15) is 0 Å². The monoisotopic (exact) mass is 466 g/mol. The molecule has 0 saturated carbocycles. The lowest BCUT2D eigenvalue weighted by atomic mass is 10.1. The number of carbonyl (C=O) groups is 2. The zero-order chi connectivity index (χ0) is 24.7. The van der Waals surface area contributed by atoms with Gasteiger partial charge in [0.2, 0.25) is 11.7 Å². The van der Waals surface area contributed by atoms with E-state index in [4.69, 9.17) is 18.9 Å². The summed E-state index contributed by atoms with van der Waals surface area (Å²) in [4.78, 5) is 25.3.